The summed E-state index contributed by atoms with van der Waals surface area (Å²) >= 11 is 6.20. The number of esters is 2. The third-order valence-electron chi connectivity index (χ3n) is 3.88. The maximum atomic E-state index is 12.7. The van der Waals surface area contributed by atoms with Crippen molar-refractivity contribution in [3.8, 4) is 0 Å². The van der Waals surface area contributed by atoms with Gasteiger partial charge in [-0.1, -0.05) is 44.4 Å². The molecule has 0 saturated heterocycles. The Bertz CT molecular complexity index is 620. The average molecular weight is 369 g/mol. The lowest BCUT2D eigenvalue weighted by Gasteiger charge is -2.27. The second-order valence-electron chi connectivity index (χ2n) is 7.46. The summed E-state index contributed by atoms with van der Waals surface area (Å²) in [5.41, 5.74) is -1.05. The van der Waals surface area contributed by atoms with Crippen molar-refractivity contribution in [2.24, 2.45) is 0 Å². The maximum Gasteiger partial charge on any atom is 0.341 e. The van der Waals surface area contributed by atoms with Gasteiger partial charge in [0.15, 0.2) is 0 Å². The summed E-state index contributed by atoms with van der Waals surface area (Å²) in [4.78, 5) is 25.3. The Labute approximate surface area is 155 Å². The summed E-state index contributed by atoms with van der Waals surface area (Å²) < 4.78 is 11.2. The normalized spacial score (nSPS) is 12.0. The van der Waals surface area contributed by atoms with E-state index in [-0.39, 0.29) is 16.1 Å². The molecule has 0 aliphatic carbocycles. The highest BCUT2D eigenvalue weighted by atomic mass is 35.5. The molecule has 25 heavy (non-hydrogen) atoms. The van der Waals surface area contributed by atoms with E-state index < -0.39 is 23.1 Å². The Balaban J connectivity index is 3.13. The van der Waals surface area contributed by atoms with Crippen LogP contribution in [0.2, 0.25) is 5.02 Å². The zero-order valence-corrected chi connectivity index (χ0v) is 16.8. The highest BCUT2D eigenvalue weighted by molar-refractivity contribution is 6.34. The molecule has 0 N–H and O–H groups in total. The Morgan fingerprint density at radius 2 is 1.40 bits per heavy atom. The van der Waals surface area contributed by atoms with Gasteiger partial charge in [0.2, 0.25) is 0 Å². The minimum Gasteiger partial charge on any atom is -0.456 e. The Morgan fingerprint density at radius 3 is 1.88 bits per heavy atom. The largest absolute Gasteiger partial charge is 0.456 e. The second kappa shape index (κ2) is 8.70. The molecule has 0 spiro atoms. The van der Waals surface area contributed by atoms with Gasteiger partial charge in [0, 0.05) is 0 Å². The highest BCUT2D eigenvalue weighted by Gasteiger charge is 2.30. The van der Waals surface area contributed by atoms with Gasteiger partial charge in [0.1, 0.15) is 11.2 Å². The molecule has 1 aromatic carbocycles. The number of halogens is 1. The van der Waals surface area contributed by atoms with E-state index >= 15 is 0 Å². The number of hydrogen-bond donors (Lipinski definition) is 0. The SMILES string of the molecule is CCCC(C)(C)OC(=O)c1cccc(Cl)c1C(=O)OC(C)(C)CCC. The van der Waals surface area contributed by atoms with Gasteiger partial charge in [-0.3, -0.25) is 0 Å². The molecule has 0 unspecified atom stereocenters. The molecule has 0 fully saturated rings. The molecular weight excluding hydrogens is 340 g/mol. The molecule has 0 saturated carbocycles. The van der Waals surface area contributed by atoms with E-state index in [1.165, 1.54) is 0 Å². The predicted octanol–water partition coefficient (Wildman–Crippen LogP) is 5.81. The highest BCUT2D eigenvalue weighted by Crippen LogP contribution is 2.27. The van der Waals surface area contributed by atoms with Crippen molar-refractivity contribution in [1.82, 2.24) is 0 Å². The van der Waals surface area contributed by atoms with E-state index in [1.807, 2.05) is 41.5 Å². The molecule has 0 bridgehead atoms. The Kier molecular flexibility index (Phi) is 7.48. The zero-order valence-electron chi connectivity index (χ0n) is 16.1. The Morgan fingerprint density at radius 1 is 0.920 bits per heavy atom. The quantitative estimate of drug-likeness (QED) is 0.543. The van der Waals surface area contributed by atoms with E-state index in [2.05, 4.69) is 0 Å². The third kappa shape index (κ3) is 6.35. The molecule has 0 aliphatic rings. The maximum absolute atomic E-state index is 12.7. The smallest absolute Gasteiger partial charge is 0.341 e. The van der Waals surface area contributed by atoms with Crippen LogP contribution >= 0.6 is 11.6 Å². The molecule has 1 aromatic rings. The minimum atomic E-state index is -0.631. The van der Waals surface area contributed by atoms with Gasteiger partial charge in [-0.05, 0) is 52.7 Å². The second-order valence-corrected chi connectivity index (χ2v) is 7.87. The van der Waals surface area contributed by atoms with Gasteiger partial charge in [-0.2, -0.15) is 0 Å². The first-order valence-electron chi connectivity index (χ1n) is 8.78. The number of carbonyl (C=O) groups excluding carboxylic acids is 2. The topological polar surface area (TPSA) is 52.6 Å². The van der Waals surface area contributed by atoms with Crippen LogP contribution in [0.1, 0.15) is 87.9 Å². The van der Waals surface area contributed by atoms with Crippen LogP contribution in [-0.2, 0) is 9.47 Å². The van der Waals surface area contributed by atoms with Crippen LogP contribution in [-0.4, -0.2) is 23.1 Å². The predicted molar refractivity (Wildman–Crippen MR) is 100 cm³/mol. The van der Waals surface area contributed by atoms with E-state index in [0.717, 1.165) is 19.3 Å². The Hall–Kier alpha value is -1.55. The monoisotopic (exact) mass is 368 g/mol. The molecule has 1 rings (SSSR count). The standard InChI is InChI=1S/C20H29ClO4/c1-7-12-19(3,4)24-17(22)14-10-9-11-15(21)16(14)18(23)25-20(5,6)13-8-2/h9-11H,7-8,12-13H2,1-6H3. The molecule has 0 aromatic heterocycles. The zero-order chi connectivity index (χ0) is 19.3. The molecule has 5 heteroatoms. The van der Waals surface area contributed by atoms with Crippen LogP contribution in [0.5, 0.6) is 0 Å². The van der Waals surface area contributed by atoms with E-state index in [4.69, 9.17) is 21.1 Å². The van der Waals surface area contributed by atoms with E-state index in [0.29, 0.717) is 6.42 Å². The lowest BCUT2D eigenvalue weighted by molar-refractivity contribution is -0.00953. The van der Waals surface area contributed by atoms with Crippen molar-refractivity contribution >= 4 is 23.5 Å². The van der Waals surface area contributed by atoms with Gasteiger partial charge in [0.25, 0.3) is 0 Å². The first kappa shape index (κ1) is 21.5. The molecule has 0 radical (unpaired) electrons. The molecule has 0 amide bonds. The van der Waals surface area contributed by atoms with Crippen LogP contribution in [0.25, 0.3) is 0 Å². The van der Waals surface area contributed by atoms with Crippen molar-refractivity contribution in [2.75, 3.05) is 0 Å². The van der Waals surface area contributed by atoms with Crippen LogP contribution in [0.3, 0.4) is 0 Å². The minimum absolute atomic E-state index is 0.0608. The molecular formula is C20H29ClO4. The first-order chi connectivity index (χ1) is 11.5. The fourth-order valence-electron chi connectivity index (χ4n) is 2.82. The summed E-state index contributed by atoms with van der Waals surface area (Å²) in [5.74, 6) is -1.18. The molecule has 4 nitrogen and oxygen atoms in total. The summed E-state index contributed by atoms with van der Waals surface area (Å²) in [6.45, 7) is 11.4. The van der Waals surface area contributed by atoms with Gasteiger partial charge >= 0.3 is 11.9 Å². The lowest BCUT2D eigenvalue weighted by Crippen LogP contribution is -2.31. The lowest BCUT2D eigenvalue weighted by atomic mass is 10.0. The molecule has 0 atom stereocenters. The first-order valence-corrected chi connectivity index (χ1v) is 9.16. The summed E-state index contributed by atoms with van der Waals surface area (Å²) in [6, 6.07) is 4.73. The number of rotatable bonds is 8. The van der Waals surface area contributed by atoms with Gasteiger partial charge in [-0.15, -0.1) is 0 Å². The van der Waals surface area contributed by atoms with Crippen molar-refractivity contribution in [1.29, 1.82) is 0 Å². The van der Waals surface area contributed by atoms with Crippen LogP contribution in [0.4, 0.5) is 0 Å². The van der Waals surface area contributed by atoms with Crippen LogP contribution < -0.4 is 0 Å². The van der Waals surface area contributed by atoms with Crippen LogP contribution in [0, 0.1) is 0 Å². The van der Waals surface area contributed by atoms with Crippen molar-refractivity contribution in [3.63, 3.8) is 0 Å². The summed E-state index contributed by atoms with van der Waals surface area (Å²) in [6.07, 6.45) is 3.20. The molecule has 0 aliphatic heterocycles. The van der Waals surface area contributed by atoms with Crippen molar-refractivity contribution in [2.45, 2.75) is 78.4 Å². The van der Waals surface area contributed by atoms with E-state index in [1.54, 1.807) is 18.2 Å². The van der Waals surface area contributed by atoms with Gasteiger partial charge in [0.05, 0.1) is 16.1 Å². The average Bonchev–Trinajstić information content (AvgIpc) is 2.45. The third-order valence-corrected chi connectivity index (χ3v) is 4.19. The summed E-state index contributed by atoms with van der Waals surface area (Å²) in [7, 11) is 0. The number of ether oxygens (including phenoxy) is 2. The molecule has 140 valence electrons. The molecule has 0 heterocycles. The fraction of sp³-hybridized carbons (Fsp3) is 0.600. The van der Waals surface area contributed by atoms with Gasteiger partial charge in [-0.25, -0.2) is 9.59 Å². The van der Waals surface area contributed by atoms with Crippen LogP contribution in [0.15, 0.2) is 18.2 Å². The van der Waals surface area contributed by atoms with Crippen molar-refractivity contribution in [3.05, 3.63) is 34.3 Å². The van der Waals surface area contributed by atoms with Crippen molar-refractivity contribution < 1.29 is 19.1 Å². The number of hydrogen-bond acceptors (Lipinski definition) is 4. The fourth-order valence-corrected chi connectivity index (χ4v) is 3.07. The van der Waals surface area contributed by atoms with Gasteiger partial charge < -0.3 is 9.47 Å². The number of carbonyl (C=O) groups is 2. The summed E-state index contributed by atoms with van der Waals surface area (Å²) in [5, 5.41) is 0.181. The number of benzene rings is 1. The van der Waals surface area contributed by atoms with E-state index in [9.17, 15) is 9.59 Å².